The summed E-state index contributed by atoms with van der Waals surface area (Å²) in [5, 5.41) is 12.6. The van der Waals surface area contributed by atoms with Crippen LogP contribution in [0.3, 0.4) is 0 Å². The van der Waals surface area contributed by atoms with Gasteiger partial charge in [0.2, 0.25) is 0 Å². The Hall–Kier alpha value is -1.73. The fourth-order valence-corrected chi connectivity index (χ4v) is 3.34. The van der Waals surface area contributed by atoms with Gasteiger partial charge in [-0.15, -0.1) is 0 Å². The van der Waals surface area contributed by atoms with Crippen LogP contribution < -0.4 is 5.32 Å². The molecule has 126 valence electrons. The van der Waals surface area contributed by atoms with Gasteiger partial charge in [0.05, 0.1) is 24.4 Å². The Bertz CT molecular complexity index is 578. The molecule has 0 saturated carbocycles. The number of anilines is 1. The van der Waals surface area contributed by atoms with E-state index in [1.54, 1.807) is 0 Å². The van der Waals surface area contributed by atoms with E-state index >= 15 is 0 Å². The Morgan fingerprint density at radius 3 is 2.65 bits per heavy atom. The Kier molecular flexibility index (Phi) is 4.77. The van der Waals surface area contributed by atoms with Crippen molar-refractivity contribution in [3.05, 3.63) is 29.8 Å². The summed E-state index contributed by atoms with van der Waals surface area (Å²) < 4.78 is 26.8. The van der Waals surface area contributed by atoms with Crippen LogP contribution in [0.25, 0.3) is 0 Å². The molecule has 2 aliphatic rings. The molecular weight excluding hydrogens is 304 g/mol. The van der Waals surface area contributed by atoms with Gasteiger partial charge in [0.1, 0.15) is 0 Å². The van der Waals surface area contributed by atoms with Gasteiger partial charge in [-0.1, -0.05) is 12.5 Å². The normalized spacial score (nSPS) is 25.6. The van der Waals surface area contributed by atoms with Gasteiger partial charge in [0.15, 0.2) is 11.6 Å². The molecular formula is C16H21F2N3O2. The Morgan fingerprint density at radius 1 is 1.17 bits per heavy atom. The molecule has 2 fully saturated rings. The van der Waals surface area contributed by atoms with Gasteiger partial charge in [0.25, 0.3) is 0 Å². The van der Waals surface area contributed by atoms with Crippen LogP contribution >= 0.6 is 0 Å². The summed E-state index contributed by atoms with van der Waals surface area (Å²) in [4.78, 5) is 15.9. The number of carbonyl (C=O) groups is 1. The SMILES string of the molecule is O=C(Nc1cccc(F)c1F)N1C[C@@H](O)[C@H](N2CCCCC2)C1. The third-order valence-electron chi connectivity index (χ3n) is 4.60. The van der Waals surface area contributed by atoms with E-state index in [1.807, 2.05) is 0 Å². The number of likely N-dealkylation sites (tertiary alicyclic amines) is 2. The third kappa shape index (κ3) is 3.45. The standard InChI is InChI=1S/C16H21F2N3O2/c17-11-5-4-6-12(15(11)18)19-16(23)21-9-13(14(22)10-21)20-7-2-1-3-8-20/h4-6,13-14,22H,1-3,7-10H2,(H,19,23)/t13-,14-/m1/s1. The van der Waals surface area contributed by atoms with Crippen LogP contribution in [0.5, 0.6) is 0 Å². The zero-order chi connectivity index (χ0) is 16.4. The van der Waals surface area contributed by atoms with Crippen molar-refractivity contribution in [2.24, 2.45) is 0 Å². The average Bonchev–Trinajstić information content (AvgIpc) is 2.95. The van der Waals surface area contributed by atoms with E-state index in [0.29, 0.717) is 6.54 Å². The number of halogens is 2. The van der Waals surface area contributed by atoms with Crippen molar-refractivity contribution < 1.29 is 18.7 Å². The third-order valence-corrected chi connectivity index (χ3v) is 4.60. The first kappa shape index (κ1) is 16.1. The summed E-state index contributed by atoms with van der Waals surface area (Å²) in [6.07, 6.45) is 2.78. The van der Waals surface area contributed by atoms with E-state index in [2.05, 4.69) is 10.2 Å². The first-order chi connectivity index (χ1) is 11.1. The van der Waals surface area contributed by atoms with E-state index in [-0.39, 0.29) is 18.3 Å². The topological polar surface area (TPSA) is 55.8 Å². The number of carbonyl (C=O) groups excluding carboxylic acids is 1. The minimum atomic E-state index is -1.08. The molecule has 2 saturated heterocycles. The number of urea groups is 1. The Labute approximate surface area is 133 Å². The van der Waals surface area contributed by atoms with Crippen LogP contribution in [0.4, 0.5) is 19.3 Å². The van der Waals surface area contributed by atoms with Crippen molar-refractivity contribution in [3.8, 4) is 0 Å². The molecule has 0 aromatic heterocycles. The number of nitrogens with zero attached hydrogens (tertiary/aromatic N) is 2. The van der Waals surface area contributed by atoms with E-state index < -0.39 is 23.8 Å². The number of hydrogen-bond donors (Lipinski definition) is 2. The minimum Gasteiger partial charge on any atom is -0.390 e. The molecule has 2 aliphatic heterocycles. The molecule has 0 aliphatic carbocycles. The lowest BCUT2D eigenvalue weighted by Gasteiger charge is -2.33. The van der Waals surface area contributed by atoms with Gasteiger partial charge in [0, 0.05) is 6.54 Å². The van der Waals surface area contributed by atoms with E-state index in [0.717, 1.165) is 32.0 Å². The summed E-state index contributed by atoms with van der Waals surface area (Å²) in [6, 6.07) is 3.04. The number of rotatable bonds is 2. The number of nitrogens with one attached hydrogen (secondary N) is 1. The molecule has 0 spiro atoms. The predicted molar refractivity (Wildman–Crippen MR) is 82.2 cm³/mol. The smallest absolute Gasteiger partial charge is 0.322 e. The maximum absolute atomic E-state index is 13.6. The molecule has 2 heterocycles. The number of piperidine rings is 1. The van der Waals surface area contributed by atoms with Crippen LogP contribution in [0, 0.1) is 11.6 Å². The van der Waals surface area contributed by atoms with Crippen molar-refractivity contribution in [3.63, 3.8) is 0 Å². The van der Waals surface area contributed by atoms with Crippen molar-refractivity contribution in [2.75, 3.05) is 31.5 Å². The second-order valence-corrected chi connectivity index (χ2v) is 6.17. The number of β-amino-alcohol motifs (C(OH)–C–C–N with tert-alkyl or cyclic N) is 1. The average molecular weight is 325 g/mol. The zero-order valence-corrected chi connectivity index (χ0v) is 12.8. The van der Waals surface area contributed by atoms with E-state index in [1.165, 1.54) is 23.5 Å². The summed E-state index contributed by atoms with van der Waals surface area (Å²) >= 11 is 0. The van der Waals surface area contributed by atoms with Crippen LogP contribution in [-0.4, -0.2) is 59.3 Å². The molecule has 0 unspecified atom stereocenters. The van der Waals surface area contributed by atoms with Crippen LogP contribution in [0.15, 0.2) is 18.2 Å². The summed E-state index contributed by atoms with van der Waals surface area (Å²) in [5.74, 6) is -2.08. The molecule has 2 atom stereocenters. The number of aliphatic hydroxyl groups is 1. The van der Waals surface area contributed by atoms with E-state index in [4.69, 9.17) is 0 Å². The maximum Gasteiger partial charge on any atom is 0.322 e. The highest BCUT2D eigenvalue weighted by molar-refractivity contribution is 5.89. The largest absolute Gasteiger partial charge is 0.390 e. The second-order valence-electron chi connectivity index (χ2n) is 6.17. The van der Waals surface area contributed by atoms with Gasteiger partial charge in [-0.05, 0) is 38.1 Å². The second kappa shape index (κ2) is 6.80. The number of benzene rings is 1. The van der Waals surface area contributed by atoms with E-state index in [9.17, 15) is 18.7 Å². The first-order valence-corrected chi connectivity index (χ1v) is 7.98. The molecule has 1 aromatic carbocycles. The van der Waals surface area contributed by atoms with Gasteiger partial charge in [-0.2, -0.15) is 0 Å². The highest BCUT2D eigenvalue weighted by atomic mass is 19.2. The predicted octanol–water partition coefficient (Wildman–Crippen LogP) is 2.03. The molecule has 1 aromatic rings. The monoisotopic (exact) mass is 325 g/mol. The lowest BCUT2D eigenvalue weighted by atomic mass is 10.1. The molecule has 2 amide bonds. The Balaban J connectivity index is 1.63. The summed E-state index contributed by atoms with van der Waals surface area (Å²) in [5.41, 5.74) is -0.189. The van der Waals surface area contributed by atoms with Crippen molar-refractivity contribution in [2.45, 2.75) is 31.4 Å². The lowest BCUT2D eigenvalue weighted by molar-refractivity contribution is 0.0706. The zero-order valence-electron chi connectivity index (χ0n) is 12.8. The first-order valence-electron chi connectivity index (χ1n) is 7.98. The van der Waals surface area contributed by atoms with Gasteiger partial charge < -0.3 is 15.3 Å². The fourth-order valence-electron chi connectivity index (χ4n) is 3.34. The minimum absolute atomic E-state index is 0.0848. The molecule has 3 rings (SSSR count). The highest BCUT2D eigenvalue weighted by Crippen LogP contribution is 2.22. The maximum atomic E-state index is 13.6. The molecule has 0 bridgehead atoms. The van der Waals surface area contributed by atoms with Crippen LogP contribution in [0.1, 0.15) is 19.3 Å². The molecule has 2 N–H and O–H groups in total. The molecule has 0 radical (unpaired) electrons. The van der Waals surface area contributed by atoms with Crippen molar-refractivity contribution in [1.29, 1.82) is 0 Å². The van der Waals surface area contributed by atoms with Crippen LogP contribution in [0.2, 0.25) is 0 Å². The highest BCUT2D eigenvalue weighted by Gasteiger charge is 2.38. The molecule has 7 heteroatoms. The number of amides is 2. The summed E-state index contributed by atoms with van der Waals surface area (Å²) in [7, 11) is 0. The van der Waals surface area contributed by atoms with Gasteiger partial charge in [-0.25, -0.2) is 13.6 Å². The van der Waals surface area contributed by atoms with Crippen molar-refractivity contribution in [1.82, 2.24) is 9.80 Å². The summed E-state index contributed by atoms with van der Waals surface area (Å²) in [6.45, 7) is 2.44. The Morgan fingerprint density at radius 2 is 1.91 bits per heavy atom. The fraction of sp³-hybridized carbons (Fsp3) is 0.562. The molecule has 5 nitrogen and oxygen atoms in total. The number of hydrogen-bond acceptors (Lipinski definition) is 3. The van der Waals surface area contributed by atoms with Crippen molar-refractivity contribution >= 4 is 11.7 Å². The van der Waals surface area contributed by atoms with Gasteiger partial charge in [-0.3, -0.25) is 4.90 Å². The quantitative estimate of drug-likeness (QED) is 0.875. The molecule has 23 heavy (non-hydrogen) atoms. The van der Waals surface area contributed by atoms with Crippen LogP contribution in [-0.2, 0) is 0 Å². The lowest BCUT2D eigenvalue weighted by Crippen LogP contribution is -2.46. The number of aliphatic hydroxyl groups excluding tert-OH is 1. The van der Waals surface area contributed by atoms with Gasteiger partial charge >= 0.3 is 6.03 Å².